The molecule has 0 radical (unpaired) electrons. The molecule has 0 amide bonds. The summed E-state index contributed by atoms with van der Waals surface area (Å²) in [6.07, 6.45) is 2.50. The molecule has 4 rings (SSSR count). The zero-order valence-corrected chi connectivity index (χ0v) is 16.0. The maximum atomic E-state index is 12.9. The lowest BCUT2D eigenvalue weighted by molar-refractivity contribution is 0.470. The van der Waals surface area contributed by atoms with E-state index in [4.69, 9.17) is 0 Å². The van der Waals surface area contributed by atoms with Crippen molar-refractivity contribution < 1.29 is 8.42 Å². The monoisotopic (exact) mass is 420 g/mol. The van der Waals surface area contributed by atoms with Crippen LogP contribution in [0, 0.1) is 0 Å². The summed E-state index contributed by atoms with van der Waals surface area (Å²) in [4.78, 5) is 9.35. The molecule has 0 unspecified atom stereocenters. The Morgan fingerprint density at radius 1 is 1.20 bits per heavy atom. The number of sulfonamides is 1. The number of aryl methyl sites for hydroxylation is 1. The highest BCUT2D eigenvalue weighted by Gasteiger charge is 2.35. The highest BCUT2D eigenvalue weighted by Crippen LogP contribution is 2.31. The van der Waals surface area contributed by atoms with E-state index < -0.39 is 10.0 Å². The second-order valence-corrected chi connectivity index (χ2v) is 9.03. The lowest BCUT2D eigenvalue weighted by Gasteiger charge is -2.16. The van der Waals surface area contributed by atoms with Crippen LogP contribution in [0.1, 0.15) is 18.2 Å². The summed E-state index contributed by atoms with van der Waals surface area (Å²) in [6.45, 7) is 0.940. The van der Waals surface area contributed by atoms with Gasteiger partial charge in [-0.15, -0.1) is 0 Å². The van der Waals surface area contributed by atoms with Crippen molar-refractivity contribution in [2.75, 3.05) is 13.1 Å². The predicted octanol–water partition coefficient (Wildman–Crippen LogP) is 2.91. The van der Waals surface area contributed by atoms with Gasteiger partial charge in [-0.25, -0.2) is 18.4 Å². The third kappa shape index (κ3) is 2.88. The average molecular weight is 421 g/mol. The Kier molecular flexibility index (Phi) is 4.13. The van der Waals surface area contributed by atoms with E-state index >= 15 is 0 Å². The van der Waals surface area contributed by atoms with Crippen LogP contribution >= 0.6 is 15.9 Å². The molecule has 1 aliphatic rings. The first kappa shape index (κ1) is 16.7. The first-order valence-electron chi connectivity index (χ1n) is 8.00. The number of imidazole rings is 1. The fourth-order valence-electron chi connectivity index (χ4n) is 3.32. The molecule has 1 saturated heterocycles. The number of pyridine rings is 1. The minimum absolute atomic E-state index is 0.0735. The van der Waals surface area contributed by atoms with Crippen LogP contribution in [0.4, 0.5) is 0 Å². The highest BCUT2D eigenvalue weighted by molar-refractivity contribution is 9.10. The van der Waals surface area contributed by atoms with Crippen LogP contribution in [0.25, 0.3) is 11.2 Å². The van der Waals surface area contributed by atoms with Crippen LogP contribution in [-0.4, -0.2) is 40.3 Å². The normalized spacial score (nSPS) is 18.9. The zero-order chi connectivity index (χ0) is 17.6. The van der Waals surface area contributed by atoms with Gasteiger partial charge in [0.15, 0.2) is 5.65 Å². The van der Waals surface area contributed by atoms with E-state index in [0.717, 1.165) is 27.9 Å². The molecule has 1 aliphatic heterocycles. The molecule has 25 heavy (non-hydrogen) atoms. The molecular formula is C17H17BrN4O2S. The van der Waals surface area contributed by atoms with Gasteiger partial charge in [0.1, 0.15) is 11.3 Å². The molecule has 0 bridgehead atoms. The molecule has 0 saturated carbocycles. The molecule has 2 aromatic heterocycles. The molecule has 0 N–H and O–H groups in total. The molecule has 0 spiro atoms. The van der Waals surface area contributed by atoms with Crippen LogP contribution in [0.15, 0.2) is 52.0 Å². The smallest absolute Gasteiger partial charge is 0.243 e. The number of aromatic nitrogens is 3. The van der Waals surface area contributed by atoms with Crippen LogP contribution < -0.4 is 0 Å². The summed E-state index contributed by atoms with van der Waals surface area (Å²) in [7, 11) is -1.55. The number of nitrogens with zero attached hydrogens (tertiary/aromatic N) is 4. The zero-order valence-electron chi connectivity index (χ0n) is 13.6. The molecule has 3 aromatic rings. The lowest BCUT2D eigenvalue weighted by Crippen LogP contribution is -2.28. The Hall–Kier alpha value is -1.77. The van der Waals surface area contributed by atoms with E-state index in [-0.39, 0.29) is 5.92 Å². The third-order valence-corrected chi connectivity index (χ3v) is 7.04. The van der Waals surface area contributed by atoms with Gasteiger partial charge in [0.25, 0.3) is 0 Å². The van der Waals surface area contributed by atoms with E-state index in [1.165, 1.54) is 0 Å². The van der Waals surface area contributed by atoms with Crippen molar-refractivity contribution in [3.05, 3.63) is 52.9 Å². The predicted molar refractivity (Wildman–Crippen MR) is 98.8 cm³/mol. The van der Waals surface area contributed by atoms with Crippen molar-refractivity contribution in [3.8, 4) is 0 Å². The van der Waals surface area contributed by atoms with Gasteiger partial charge in [-0.3, -0.25) is 0 Å². The third-order valence-electron chi connectivity index (χ3n) is 4.63. The van der Waals surface area contributed by atoms with Crippen molar-refractivity contribution in [2.45, 2.75) is 17.2 Å². The Balaban J connectivity index is 1.62. The van der Waals surface area contributed by atoms with Gasteiger partial charge in [-0.2, -0.15) is 4.31 Å². The van der Waals surface area contributed by atoms with Crippen LogP contribution in [0.2, 0.25) is 0 Å². The molecule has 1 aromatic carbocycles. The van der Waals surface area contributed by atoms with E-state index in [1.807, 2.05) is 23.7 Å². The van der Waals surface area contributed by atoms with Crippen molar-refractivity contribution in [1.29, 1.82) is 0 Å². The van der Waals surface area contributed by atoms with Gasteiger partial charge < -0.3 is 4.57 Å². The summed E-state index contributed by atoms with van der Waals surface area (Å²) in [5, 5.41) is 0. The first-order chi connectivity index (χ1) is 12.0. The number of halogens is 1. The second kappa shape index (κ2) is 6.19. The van der Waals surface area contributed by atoms with Crippen LogP contribution in [0.5, 0.6) is 0 Å². The van der Waals surface area contributed by atoms with Crippen molar-refractivity contribution in [2.24, 2.45) is 7.05 Å². The number of rotatable bonds is 3. The minimum Gasteiger partial charge on any atom is -0.316 e. The number of hydrogen-bond donors (Lipinski definition) is 0. The summed E-state index contributed by atoms with van der Waals surface area (Å²) in [5.74, 6) is 0.964. The molecule has 8 heteroatoms. The summed E-state index contributed by atoms with van der Waals surface area (Å²) >= 11 is 3.34. The standard InChI is InChI=1S/C17H17BrN4O2S/c1-21-16(20-15-3-2-9-19-17(15)21)12-8-10-22(11-12)25(23,24)14-6-4-13(18)5-7-14/h2-7,9,12H,8,10-11H2,1H3/t12-/m0/s1. The van der Waals surface area contributed by atoms with Gasteiger partial charge in [0.2, 0.25) is 10.0 Å². The molecular weight excluding hydrogens is 404 g/mol. The summed E-state index contributed by atoms with van der Waals surface area (Å²) < 4.78 is 30.1. The van der Waals surface area contributed by atoms with Crippen molar-refractivity contribution >= 4 is 37.1 Å². The number of fused-ring (bicyclic) bond motifs is 1. The van der Waals surface area contributed by atoms with Gasteiger partial charge in [-0.05, 0) is 42.8 Å². The number of benzene rings is 1. The van der Waals surface area contributed by atoms with Gasteiger partial charge in [-0.1, -0.05) is 15.9 Å². The Morgan fingerprint density at radius 2 is 1.96 bits per heavy atom. The fraction of sp³-hybridized carbons (Fsp3) is 0.294. The van der Waals surface area contributed by atoms with Gasteiger partial charge >= 0.3 is 0 Å². The molecule has 1 fully saturated rings. The van der Waals surface area contributed by atoms with E-state index in [0.29, 0.717) is 18.0 Å². The fourth-order valence-corrected chi connectivity index (χ4v) is 5.08. The molecule has 130 valence electrons. The SMILES string of the molecule is Cn1c([C@H]2CCN(S(=O)(=O)c3ccc(Br)cc3)C2)nc2cccnc21. The molecule has 1 atom stereocenters. The maximum absolute atomic E-state index is 12.9. The first-order valence-corrected chi connectivity index (χ1v) is 10.2. The van der Waals surface area contributed by atoms with Gasteiger partial charge in [0, 0.05) is 36.7 Å². The van der Waals surface area contributed by atoms with Crippen molar-refractivity contribution in [3.63, 3.8) is 0 Å². The topological polar surface area (TPSA) is 68.1 Å². The second-order valence-electron chi connectivity index (χ2n) is 6.18. The lowest BCUT2D eigenvalue weighted by atomic mass is 10.1. The average Bonchev–Trinajstić information content (AvgIpc) is 3.21. The Morgan fingerprint density at radius 3 is 2.68 bits per heavy atom. The quantitative estimate of drug-likeness (QED) is 0.652. The Labute approximate surface area is 154 Å². The molecule has 6 nitrogen and oxygen atoms in total. The van der Waals surface area contributed by atoms with E-state index in [9.17, 15) is 8.42 Å². The minimum atomic E-state index is -3.48. The van der Waals surface area contributed by atoms with E-state index in [2.05, 4.69) is 25.9 Å². The number of hydrogen-bond acceptors (Lipinski definition) is 4. The van der Waals surface area contributed by atoms with Crippen molar-refractivity contribution in [1.82, 2.24) is 18.8 Å². The molecule has 0 aliphatic carbocycles. The maximum Gasteiger partial charge on any atom is 0.243 e. The summed E-state index contributed by atoms with van der Waals surface area (Å²) in [6, 6.07) is 10.5. The van der Waals surface area contributed by atoms with Gasteiger partial charge in [0.05, 0.1) is 4.90 Å². The largest absolute Gasteiger partial charge is 0.316 e. The van der Waals surface area contributed by atoms with E-state index in [1.54, 1.807) is 34.8 Å². The van der Waals surface area contributed by atoms with Crippen LogP contribution in [0.3, 0.4) is 0 Å². The molecule has 3 heterocycles. The summed E-state index contributed by atoms with van der Waals surface area (Å²) in [5.41, 5.74) is 1.67. The highest BCUT2D eigenvalue weighted by atomic mass is 79.9. The Bertz CT molecular complexity index is 1030. The van der Waals surface area contributed by atoms with Crippen LogP contribution in [-0.2, 0) is 17.1 Å².